The molecule has 23 heavy (non-hydrogen) atoms. The number of benzene rings is 1. The van der Waals surface area contributed by atoms with E-state index in [4.69, 9.17) is 4.74 Å². The molecule has 0 spiro atoms. The minimum atomic E-state index is -0.689. The maximum atomic E-state index is 11.8. The van der Waals surface area contributed by atoms with Crippen LogP contribution >= 0.6 is 0 Å². The van der Waals surface area contributed by atoms with Crippen molar-refractivity contribution < 1.29 is 24.0 Å². The van der Waals surface area contributed by atoms with Crippen LogP contribution in [0, 0.1) is 10.1 Å². The van der Waals surface area contributed by atoms with Gasteiger partial charge in [0, 0.05) is 12.1 Å². The molecule has 0 bridgehead atoms. The Morgan fingerprint density at radius 3 is 2.48 bits per heavy atom. The molecule has 0 fully saturated rings. The summed E-state index contributed by atoms with van der Waals surface area (Å²) in [6.45, 7) is 3.56. The molecule has 0 atom stereocenters. The molecule has 0 aliphatic rings. The van der Waals surface area contributed by atoms with E-state index >= 15 is 0 Å². The predicted molar refractivity (Wildman–Crippen MR) is 82.4 cm³/mol. The highest BCUT2D eigenvalue weighted by Gasteiger charge is 2.20. The highest BCUT2D eigenvalue weighted by molar-refractivity contribution is 5.90. The Bertz CT molecular complexity index is 583. The van der Waals surface area contributed by atoms with Crippen molar-refractivity contribution in [3.05, 3.63) is 33.9 Å². The lowest BCUT2D eigenvalue weighted by atomic mass is 10.2. The molecule has 1 aromatic rings. The Morgan fingerprint density at radius 1 is 1.30 bits per heavy atom. The first kappa shape index (κ1) is 18.4. The van der Waals surface area contributed by atoms with E-state index in [1.165, 1.54) is 19.2 Å². The topological polar surface area (TPSA) is 108 Å². The van der Waals surface area contributed by atoms with Crippen LogP contribution in [-0.4, -0.2) is 36.6 Å². The maximum absolute atomic E-state index is 11.8. The lowest BCUT2D eigenvalue weighted by molar-refractivity contribution is -0.385. The molecule has 1 rings (SSSR count). The summed E-state index contributed by atoms with van der Waals surface area (Å²) in [5.74, 6) is -1.13. The molecule has 126 valence electrons. The lowest BCUT2D eigenvalue weighted by Crippen LogP contribution is -2.37. The predicted octanol–water partition coefficient (Wildman–Crippen LogP) is 2.06. The van der Waals surface area contributed by atoms with Crippen molar-refractivity contribution in [2.24, 2.45) is 0 Å². The molecule has 8 heteroatoms. The van der Waals surface area contributed by atoms with Gasteiger partial charge in [0.2, 0.25) is 0 Å². The Hall–Kier alpha value is -2.64. The van der Waals surface area contributed by atoms with Gasteiger partial charge in [0.1, 0.15) is 0 Å². The van der Waals surface area contributed by atoms with E-state index in [1.807, 2.05) is 13.8 Å². The number of ether oxygens (including phenoxy) is 2. The van der Waals surface area contributed by atoms with Gasteiger partial charge in [-0.25, -0.2) is 4.79 Å². The standard InChI is InChI=1S/C15H20N2O6/c1-4-11(5-2)16-14(18)9-23-13-7-6-10(15(19)22-3)8-12(13)17(20)21/h6-8,11H,4-5,9H2,1-3H3,(H,16,18). The first-order chi connectivity index (χ1) is 10.9. The Kier molecular flexibility index (Phi) is 6.98. The fourth-order valence-corrected chi connectivity index (χ4v) is 1.93. The molecule has 0 saturated heterocycles. The van der Waals surface area contributed by atoms with Gasteiger partial charge in [-0.15, -0.1) is 0 Å². The quantitative estimate of drug-likeness (QED) is 0.445. The molecule has 0 aromatic heterocycles. The number of nitro benzene ring substituents is 1. The van der Waals surface area contributed by atoms with Crippen LogP contribution in [0.5, 0.6) is 5.75 Å². The molecule has 0 unspecified atom stereocenters. The molecule has 0 radical (unpaired) electrons. The Morgan fingerprint density at radius 2 is 1.96 bits per heavy atom. The zero-order chi connectivity index (χ0) is 17.4. The van der Waals surface area contributed by atoms with Gasteiger partial charge in [0.25, 0.3) is 5.91 Å². The van der Waals surface area contributed by atoms with E-state index in [0.717, 1.165) is 18.9 Å². The molecule has 1 amide bonds. The van der Waals surface area contributed by atoms with Crippen LogP contribution in [0.2, 0.25) is 0 Å². The van der Waals surface area contributed by atoms with Gasteiger partial charge in [-0.05, 0) is 25.0 Å². The van der Waals surface area contributed by atoms with Crippen LogP contribution in [-0.2, 0) is 9.53 Å². The van der Waals surface area contributed by atoms with Crippen molar-refractivity contribution in [3.8, 4) is 5.75 Å². The number of esters is 1. The van der Waals surface area contributed by atoms with Gasteiger partial charge in [-0.1, -0.05) is 13.8 Å². The molecule has 0 aliphatic carbocycles. The second-order valence-electron chi connectivity index (χ2n) is 4.80. The first-order valence-electron chi connectivity index (χ1n) is 7.21. The van der Waals surface area contributed by atoms with Gasteiger partial charge in [-0.3, -0.25) is 14.9 Å². The van der Waals surface area contributed by atoms with E-state index in [0.29, 0.717) is 0 Å². The summed E-state index contributed by atoms with van der Waals surface area (Å²) < 4.78 is 9.72. The fourth-order valence-electron chi connectivity index (χ4n) is 1.93. The summed E-state index contributed by atoms with van der Waals surface area (Å²) in [5, 5.41) is 13.8. The van der Waals surface area contributed by atoms with Gasteiger partial charge < -0.3 is 14.8 Å². The minimum Gasteiger partial charge on any atom is -0.477 e. The van der Waals surface area contributed by atoms with Crippen molar-refractivity contribution in [1.82, 2.24) is 5.32 Å². The molecule has 0 heterocycles. The van der Waals surface area contributed by atoms with E-state index in [-0.39, 0.29) is 29.9 Å². The average Bonchev–Trinajstić information content (AvgIpc) is 2.56. The number of methoxy groups -OCH3 is 1. The largest absolute Gasteiger partial charge is 0.477 e. The summed E-state index contributed by atoms with van der Waals surface area (Å²) in [4.78, 5) is 33.6. The summed E-state index contributed by atoms with van der Waals surface area (Å²) in [5.41, 5.74) is -0.365. The highest BCUT2D eigenvalue weighted by atomic mass is 16.6. The zero-order valence-electron chi connectivity index (χ0n) is 13.3. The summed E-state index contributed by atoms with van der Waals surface area (Å²) in [7, 11) is 1.18. The third-order valence-electron chi connectivity index (χ3n) is 3.29. The number of amides is 1. The van der Waals surface area contributed by atoms with Crippen LogP contribution in [0.4, 0.5) is 5.69 Å². The van der Waals surface area contributed by atoms with Crippen LogP contribution < -0.4 is 10.1 Å². The monoisotopic (exact) mass is 324 g/mol. The second-order valence-corrected chi connectivity index (χ2v) is 4.80. The van der Waals surface area contributed by atoms with E-state index in [1.54, 1.807) is 0 Å². The van der Waals surface area contributed by atoms with Gasteiger partial charge >= 0.3 is 11.7 Å². The second kappa shape index (κ2) is 8.72. The zero-order valence-corrected chi connectivity index (χ0v) is 13.3. The van der Waals surface area contributed by atoms with E-state index in [2.05, 4.69) is 10.1 Å². The minimum absolute atomic E-state index is 0.0352. The van der Waals surface area contributed by atoms with Crippen LogP contribution in [0.3, 0.4) is 0 Å². The highest BCUT2D eigenvalue weighted by Crippen LogP contribution is 2.28. The van der Waals surface area contributed by atoms with Gasteiger partial charge in [-0.2, -0.15) is 0 Å². The molecule has 0 saturated carbocycles. The molecule has 1 aromatic carbocycles. The van der Waals surface area contributed by atoms with Crippen molar-refractivity contribution in [1.29, 1.82) is 0 Å². The number of carbonyl (C=O) groups is 2. The molecule has 0 aliphatic heterocycles. The molecular weight excluding hydrogens is 304 g/mol. The van der Waals surface area contributed by atoms with E-state index < -0.39 is 16.6 Å². The van der Waals surface area contributed by atoms with Gasteiger partial charge in [0.05, 0.1) is 17.6 Å². The molecular formula is C15H20N2O6. The van der Waals surface area contributed by atoms with Crippen molar-refractivity contribution in [2.75, 3.05) is 13.7 Å². The maximum Gasteiger partial charge on any atom is 0.338 e. The summed E-state index contributed by atoms with van der Waals surface area (Å²) in [6, 6.07) is 3.71. The third kappa shape index (κ3) is 5.24. The van der Waals surface area contributed by atoms with Crippen molar-refractivity contribution >= 4 is 17.6 Å². The fraction of sp³-hybridized carbons (Fsp3) is 0.467. The number of rotatable bonds is 8. The summed E-state index contributed by atoms with van der Waals surface area (Å²) >= 11 is 0. The van der Waals surface area contributed by atoms with Crippen molar-refractivity contribution in [3.63, 3.8) is 0 Å². The normalized spacial score (nSPS) is 10.3. The number of carbonyl (C=O) groups excluding carboxylic acids is 2. The molecule has 1 N–H and O–H groups in total. The van der Waals surface area contributed by atoms with Gasteiger partial charge in [0.15, 0.2) is 12.4 Å². The number of hydrogen-bond acceptors (Lipinski definition) is 6. The Balaban J connectivity index is 2.82. The number of nitro groups is 1. The SMILES string of the molecule is CCC(CC)NC(=O)COc1ccc(C(=O)OC)cc1[N+](=O)[O-]. The third-order valence-corrected chi connectivity index (χ3v) is 3.29. The number of hydrogen-bond donors (Lipinski definition) is 1. The van der Waals surface area contributed by atoms with Crippen LogP contribution in [0.15, 0.2) is 18.2 Å². The number of nitrogens with zero attached hydrogens (tertiary/aromatic N) is 1. The van der Waals surface area contributed by atoms with E-state index in [9.17, 15) is 19.7 Å². The average molecular weight is 324 g/mol. The number of nitrogens with one attached hydrogen (secondary N) is 1. The van der Waals surface area contributed by atoms with Crippen LogP contribution in [0.25, 0.3) is 0 Å². The van der Waals surface area contributed by atoms with Crippen molar-refractivity contribution in [2.45, 2.75) is 32.7 Å². The smallest absolute Gasteiger partial charge is 0.338 e. The Labute approximate surface area is 133 Å². The van der Waals surface area contributed by atoms with Crippen LogP contribution in [0.1, 0.15) is 37.0 Å². The summed E-state index contributed by atoms with van der Waals surface area (Å²) in [6.07, 6.45) is 1.58. The first-order valence-corrected chi connectivity index (χ1v) is 7.21. The molecule has 8 nitrogen and oxygen atoms in total. The lowest BCUT2D eigenvalue weighted by Gasteiger charge is -2.15.